The van der Waals surface area contributed by atoms with Crippen LogP contribution in [-0.4, -0.2) is 30.9 Å². The fraction of sp³-hybridized carbons (Fsp3) is 0.526. The van der Waals surface area contributed by atoms with Gasteiger partial charge in [-0.25, -0.2) is 13.4 Å². The van der Waals surface area contributed by atoms with Gasteiger partial charge in [-0.15, -0.1) is 11.3 Å². The maximum absolute atomic E-state index is 12.0. The smallest absolute Gasteiger partial charge is 0.152 e. The zero-order valence-corrected chi connectivity index (χ0v) is 17.6. The van der Waals surface area contributed by atoms with Crippen molar-refractivity contribution in [3.8, 4) is 0 Å². The first kappa shape index (κ1) is 19.8. The van der Waals surface area contributed by atoms with Crippen LogP contribution in [-0.2, 0) is 29.1 Å². The van der Waals surface area contributed by atoms with E-state index in [1.807, 2.05) is 12.1 Å². The molecule has 2 heterocycles. The highest BCUT2D eigenvalue weighted by molar-refractivity contribution is 7.91. The van der Waals surface area contributed by atoms with Crippen LogP contribution in [0.25, 0.3) is 0 Å². The Balaban J connectivity index is 1.66. The summed E-state index contributed by atoms with van der Waals surface area (Å²) in [5.74, 6) is 0.237. The number of thiazole rings is 1. The maximum Gasteiger partial charge on any atom is 0.152 e. The molecular weight excluding hydrogens is 388 g/mol. The zero-order chi connectivity index (χ0) is 18.7. The quantitative estimate of drug-likeness (QED) is 0.747. The number of nitrogens with zero attached hydrogens (tertiary/aromatic N) is 1. The van der Waals surface area contributed by atoms with Gasteiger partial charge in [0.2, 0.25) is 0 Å². The summed E-state index contributed by atoms with van der Waals surface area (Å²) in [7, 11) is -2.97. The van der Waals surface area contributed by atoms with Crippen LogP contribution < -0.4 is 5.32 Å². The molecule has 3 rings (SSSR count). The zero-order valence-electron chi connectivity index (χ0n) is 15.2. The van der Waals surface area contributed by atoms with Crippen molar-refractivity contribution in [1.29, 1.82) is 0 Å². The van der Waals surface area contributed by atoms with Gasteiger partial charge in [0.25, 0.3) is 0 Å². The molecule has 1 unspecified atom stereocenters. The molecule has 0 saturated heterocycles. The first-order chi connectivity index (χ1) is 12.3. The summed E-state index contributed by atoms with van der Waals surface area (Å²) in [5, 5.41) is 5.06. The van der Waals surface area contributed by atoms with E-state index in [1.54, 1.807) is 25.2 Å². The van der Waals surface area contributed by atoms with Gasteiger partial charge in [-0.2, -0.15) is 0 Å². The summed E-state index contributed by atoms with van der Waals surface area (Å²) in [6.07, 6.45) is 3.25. The van der Waals surface area contributed by atoms with Crippen molar-refractivity contribution in [2.24, 2.45) is 0 Å². The lowest BCUT2D eigenvalue weighted by Crippen LogP contribution is -2.30. The van der Waals surface area contributed by atoms with Crippen LogP contribution in [0.3, 0.4) is 0 Å². The number of benzene rings is 1. The van der Waals surface area contributed by atoms with Gasteiger partial charge in [-0.3, -0.25) is 0 Å². The molecule has 142 valence electrons. The van der Waals surface area contributed by atoms with Crippen molar-refractivity contribution in [1.82, 2.24) is 10.3 Å². The van der Waals surface area contributed by atoms with E-state index >= 15 is 0 Å². The molecule has 4 nitrogen and oxygen atoms in total. The second-order valence-electron chi connectivity index (χ2n) is 7.02. The molecule has 0 amide bonds. The highest BCUT2D eigenvalue weighted by Crippen LogP contribution is 2.30. The lowest BCUT2D eigenvalue weighted by Gasteiger charge is -2.23. The predicted octanol–water partition coefficient (Wildman–Crippen LogP) is 3.98. The van der Waals surface area contributed by atoms with Gasteiger partial charge in [0.15, 0.2) is 9.84 Å². The maximum atomic E-state index is 12.0. The molecule has 2 aromatic rings. The van der Waals surface area contributed by atoms with E-state index in [1.165, 1.54) is 10.4 Å². The fourth-order valence-corrected chi connectivity index (χ4v) is 5.43. The van der Waals surface area contributed by atoms with Crippen molar-refractivity contribution in [3.05, 3.63) is 50.4 Å². The van der Waals surface area contributed by atoms with Gasteiger partial charge >= 0.3 is 0 Å². The topological polar surface area (TPSA) is 59.1 Å². The summed E-state index contributed by atoms with van der Waals surface area (Å²) in [5.41, 5.74) is 2.37. The normalized spacial score (nSPS) is 17.5. The lowest BCUT2D eigenvalue weighted by molar-refractivity contribution is 0.495. The highest BCUT2D eigenvalue weighted by Gasteiger charge is 2.25. The number of hydrogen-bond acceptors (Lipinski definition) is 5. The van der Waals surface area contributed by atoms with E-state index in [0.717, 1.165) is 41.5 Å². The van der Waals surface area contributed by atoms with Crippen LogP contribution in [0.4, 0.5) is 0 Å². The third-order valence-corrected chi connectivity index (χ3v) is 8.47. The number of aryl methyl sites for hydroxylation is 1. The van der Waals surface area contributed by atoms with Gasteiger partial charge in [0, 0.05) is 22.9 Å². The van der Waals surface area contributed by atoms with Crippen molar-refractivity contribution >= 4 is 32.8 Å². The van der Waals surface area contributed by atoms with Gasteiger partial charge in [-0.05, 0) is 50.8 Å². The van der Waals surface area contributed by atoms with E-state index in [-0.39, 0.29) is 17.0 Å². The first-order valence-electron chi connectivity index (χ1n) is 9.03. The Bertz CT molecular complexity index is 845. The summed E-state index contributed by atoms with van der Waals surface area (Å²) in [6.45, 7) is 4.43. The predicted molar refractivity (Wildman–Crippen MR) is 109 cm³/mol. The Labute approximate surface area is 164 Å². The number of sulfone groups is 1. The van der Waals surface area contributed by atoms with E-state index in [2.05, 4.69) is 17.4 Å². The van der Waals surface area contributed by atoms with Crippen LogP contribution in [0.15, 0.2) is 24.3 Å². The fourth-order valence-electron chi connectivity index (χ4n) is 3.11. The number of aromatic nitrogens is 1. The minimum atomic E-state index is -2.97. The van der Waals surface area contributed by atoms with Crippen molar-refractivity contribution in [2.75, 3.05) is 12.3 Å². The Hall–Kier alpha value is -0.950. The first-order valence-corrected chi connectivity index (χ1v) is 11.9. The molecule has 1 N–H and O–H groups in total. The number of rotatable bonds is 7. The minimum absolute atomic E-state index is 0.212. The van der Waals surface area contributed by atoms with Crippen LogP contribution in [0.1, 0.15) is 47.5 Å². The van der Waals surface area contributed by atoms with Gasteiger partial charge in [0.1, 0.15) is 0 Å². The summed E-state index contributed by atoms with van der Waals surface area (Å²) >= 11 is 7.71. The Kier molecular flexibility index (Phi) is 6.38. The van der Waals surface area contributed by atoms with Crippen LogP contribution in [0, 0.1) is 0 Å². The molecule has 1 aromatic carbocycles. The van der Waals surface area contributed by atoms with Crippen molar-refractivity contribution in [3.63, 3.8) is 0 Å². The standard InChI is InChI=1S/C19H25ClN2O2S2/c1-13(2)26(23,24)11-3-4-18-22-19-16(21-10-9-17(19)25-18)12-14-5-7-15(20)8-6-14/h5-8,13,16,21H,3-4,9-12H2,1-2H3. The highest BCUT2D eigenvalue weighted by atomic mass is 35.5. The molecule has 0 fully saturated rings. The Morgan fingerprint density at radius 2 is 2.04 bits per heavy atom. The van der Waals surface area contributed by atoms with E-state index < -0.39 is 9.84 Å². The van der Waals surface area contributed by atoms with Crippen molar-refractivity contribution < 1.29 is 8.42 Å². The molecule has 0 radical (unpaired) electrons. The van der Waals surface area contributed by atoms with E-state index in [4.69, 9.17) is 16.6 Å². The SMILES string of the molecule is CC(C)S(=O)(=O)CCCc1nc2c(s1)CCNC2Cc1ccc(Cl)cc1. The number of nitrogens with one attached hydrogen (secondary N) is 1. The molecule has 0 bridgehead atoms. The molecule has 0 aliphatic carbocycles. The molecule has 0 spiro atoms. The number of hydrogen-bond donors (Lipinski definition) is 1. The molecule has 1 aromatic heterocycles. The largest absolute Gasteiger partial charge is 0.308 e. The molecule has 1 aliphatic heterocycles. The third-order valence-electron chi connectivity index (χ3n) is 4.74. The molecule has 26 heavy (non-hydrogen) atoms. The van der Waals surface area contributed by atoms with Gasteiger partial charge in [-0.1, -0.05) is 23.7 Å². The van der Waals surface area contributed by atoms with Gasteiger partial charge in [0.05, 0.1) is 27.7 Å². The van der Waals surface area contributed by atoms with Crippen molar-refractivity contribution in [2.45, 2.75) is 50.8 Å². The second kappa shape index (κ2) is 8.38. The lowest BCUT2D eigenvalue weighted by atomic mass is 9.99. The monoisotopic (exact) mass is 412 g/mol. The summed E-state index contributed by atoms with van der Waals surface area (Å²) in [4.78, 5) is 6.18. The summed E-state index contributed by atoms with van der Waals surface area (Å²) < 4.78 is 23.9. The van der Waals surface area contributed by atoms with E-state index in [0.29, 0.717) is 6.42 Å². The Morgan fingerprint density at radius 1 is 1.31 bits per heavy atom. The van der Waals surface area contributed by atoms with Crippen LogP contribution in [0.5, 0.6) is 0 Å². The van der Waals surface area contributed by atoms with Gasteiger partial charge < -0.3 is 5.32 Å². The third kappa shape index (κ3) is 4.85. The summed E-state index contributed by atoms with van der Waals surface area (Å²) in [6, 6.07) is 8.17. The minimum Gasteiger partial charge on any atom is -0.308 e. The average molecular weight is 413 g/mol. The van der Waals surface area contributed by atoms with Crippen LogP contribution in [0.2, 0.25) is 5.02 Å². The molecule has 0 saturated carbocycles. The van der Waals surface area contributed by atoms with E-state index in [9.17, 15) is 8.42 Å². The molecule has 1 aliphatic rings. The molecule has 1 atom stereocenters. The molecular formula is C19H25ClN2O2S2. The number of halogens is 1. The van der Waals surface area contributed by atoms with Crippen LogP contribution >= 0.6 is 22.9 Å². The number of fused-ring (bicyclic) bond motifs is 1. The Morgan fingerprint density at radius 3 is 2.73 bits per heavy atom. The second-order valence-corrected chi connectivity index (χ2v) is 11.3. The average Bonchev–Trinajstić information content (AvgIpc) is 3.00. The molecule has 7 heteroatoms.